The molecule has 0 spiro atoms. The summed E-state index contributed by atoms with van der Waals surface area (Å²) < 4.78 is 4.56. The molecule has 0 amide bonds. The number of fused-ring (bicyclic) bond motifs is 1. The average molecular weight is 348 g/mol. The number of benzene rings is 2. The Hall–Kier alpha value is -2.87. The molecule has 2 aromatic carbocycles. The van der Waals surface area contributed by atoms with Crippen LogP contribution < -0.4 is 29.6 Å². The molecular formula is C14H7N5NaO5+. The van der Waals surface area contributed by atoms with Crippen LogP contribution in [0.1, 0.15) is 17.0 Å². The number of hydrogen-bond donors (Lipinski definition) is 0. The number of nitro groups is 2. The normalized spacial score (nSPS) is 11.3. The topological polar surface area (TPSA) is 149 Å². The summed E-state index contributed by atoms with van der Waals surface area (Å²) in [5.41, 5.74) is -0.247. The van der Waals surface area contributed by atoms with Gasteiger partial charge < -0.3 is 0 Å². The van der Waals surface area contributed by atoms with E-state index < -0.39 is 15.8 Å². The van der Waals surface area contributed by atoms with Gasteiger partial charge in [-0.3, -0.25) is 20.2 Å². The minimum Gasteiger partial charge on any atom is -0.258 e. The molecule has 1 aromatic heterocycles. The van der Waals surface area contributed by atoms with Crippen LogP contribution in [0.3, 0.4) is 0 Å². The number of nitrogens with zero attached hydrogens (tertiary/aromatic N) is 5. The van der Waals surface area contributed by atoms with Crippen molar-refractivity contribution < 1.29 is 44.0 Å². The van der Waals surface area contributed by atoms with Gasteiger partial charge >= 0.3 is 35.2 Å². The number of non-ortho nitro benzene ring substituents is 1. The van der Waals surface area contributed by atoms with Gasteiger partial charge in [-0.1, -0.05) is 18.2 Å². The molecule has 0 aliphatic rings. The van der Waals surface area contributed by atoms with Gasteiger partial charge in [0.25, 0.3) is 5.69 Å². The third kappa shape index (κ3) is 3.20. The van der Waals surface area contributed by atoms with E-state index >= 15 is 0 Å². The van der Waals surface area contributed by atoms with E-state index in [1.54, 1.807) is 6.07 Å². The summed E-state index contributed by atoms with van der Waals surface area (Å²) in [4.78, 5) is 21.0. The van der Waals surface area contributed by atoms with E-state index in [9.17, 15) is 25.5 Å². The Morgan fingerprint density at radius 3 is 2.24 bits per heavy atom. The number of aromatic nitrogens is 2. The van der Waals surface area contributed by atoms with Gasteiger partial charge in [-0.25, -0.2) is 4.63 Å². The Bertz CT molecular complexity index is 1010. The first kappa shape index (κ1) is 18.5. The first-order valence-corrected chi connectivity index (χ1v) is 6.57. The quantitative estimate of drug-likeness (QED) is 0.354. The van der Waals surface area contributed by atoms with Crippen molar-refractivity contribution >= 4 is 22.4 Å². The minimum atomic E-state index is -1.05. The van der Waals surface area contributed by atoms with Crippen LogP contribution >= 0.6 is 0 Å². The van der Waals surface area contributed by atoms with Crippen LogP contribution in [0.25, 0.3) is 11.0 Å². The van der Waals surface area contributed by atoms with Crippen molar-refractivity contribution in [2.24, 2.45) is 0 Å². The van der Waals surface area contributed by atoms with Crippen molar-refractivity contribution in [3.8, 4) is 6.07 Å². The van der Waals surface area contributed by atoms with Gasteiger partial charge in [0.05, 0.1) is 21.5 Å². The Morgan fingerprint density at radius 1 is 0.960 bits per heavy atom. The van der Waals surface area contributed by atoms with Crippen molar-refractivity contribution in [1.82, 2.24) is 10.3 Å². The zero-order valence-corrected chi connectivity index (χ0v) is 14.8. The molecule has 3 rings (SSSR count). The summed E-state index contributed by atoms with van der Waals surface area (Å²) in [7, 11) is 0. The maximum Gasteiger partial charge on any atom is 1.00 e. The summed E-state index contributed by atoms with van der Waals surface area (Å²) in [5, 5.41) is 38.9. The summed E-state index contributed by atoms with van der Waals surface area (Å²) in [6.07, 6.45) is 0. The van der Waals surface area contributed by atoms with Crippen molar-refractivity contribution in [2.45, 2.75) is 5.92 Å². The third-order valence-electron chi connectivity index (χ3n) is 3.51. The van der Waals surface area contributed by atoms with Crippen LogP contribution in [0.2, 0.25) is 0 Å². The number of nitro benzene ring substituents is 2. The van der Waals surface area contributed by atoms with Crippen molar-refractivity contribution in [2.75, 3.05) is 0 Å². The van der Waals surface area contributed by atoms with E-state index in [1.807, 2.05) is 6.07 Å². The molecule has 1 heterocycles. The van der Waals surface area contributed by atoms with Crippen molar-refractivity contribution in [3.05, 3.63) is 67.8 Å². The molecule has 25 heavy (non-hydrogen) atoms. The van der Waals surface area contributed by atoms with Gasteiger partial charge in [0.15, 0.2) is 0 Å². The van der Waals surface area contributed by atoms with Gasteiger partial charge in [0.2, 0.25) is 5.52 Å². The monoisotopic (exact) mass is 348 g/mol. The minimum absolute atomic E-state index is 0. The van der Waals surface area contributed by atoms with Gasteiger partial charge in [0.1, 0.15) is 11.4 Å². The Balaban J connectivity index is 0.00000225. The molecule has 3 aromatic rings. The van der Waals surface area contributed by atoms with Crippen LogP contribution in [0.5, 0.6) is 0 Å². The molecule has 0 fully saturated rings. The number of hydrogen-bond acceptors (Lipinski definition) is 8. The number of para-hydroxylation sites is 1. The largest absolute Gasteiger partial charge is 1.00 e. The fraction of sp³-hybridized carbons (Fsp3) is 0.0714. The van der Waals surface area contributed by atoms with Crippen molar-refractivity contribution in [1.29, 1.82) is 5.26 Å². The summed E-state index contributed by atoms with van der Waals surface area (Å²) >= 11 is 0. The molecule has 1 unspecified atom stereocenters. The molecule has 0 radical (unpaired) electrons. The first-order valence-electron chi connectivity index (χ1n) is 6.57. The fourth-order valence-corrected chi connectivity index (χ4v) is 2.46. The van der Waals surface area contributed by atoms with Crippen molar-refractivity contribution in [3.63, 3.8) is 0 Å². The maximum absolute atomic E-state index is 11.2. The predicted octanol–water partition coefficient (Wildman–Crippen LogP) is -0.301. The molecule has 0 bridgehead atoms. The summed E-state index contributed by atoms with van der Waals surface area (Å²) in [5.74, 6) is -1.05. The molecule has 0 saturated heterocycles. The third-order valence-corrected chi connectivity index (χ3v) is 3.51. The van der Waals surface area contributed by atoms with E-state index in [0.717, 1.165) is 0 Å². The zero-order chi connectivity index (χ0) is 17.3. The van der Waals surface area contributed by atoms with Gasteiger partial charge in [-0.15, -0.1) is 0 Å². The molecule has 1 atom stereocenters. The van der Waals surface area contributed by atoms with Gasteiger partial charge in [0, 0.05) is 17.7 Å². The van der Waals surface area contributed by atoms with Crippen LogP contribution in [0.15, 0.2) is 41.0 Å². The number of nitriles is 1. The SMILES string of the molecule is N#CC(c1ccccc1[N+](=O)[O-])c1ccc([N+](=O)[O-])c2nonc12.[Na+]. The average Bonchev–Trinajstić information content (AvgIpc) is 3.05. The molecule has 0 saturated carbocycles. The molecule has 11 heteroatoms. The maximum atomic E-state index is 11.2. The predicted molar refractivity (Wildman–Crippen MR) is 79.0 cm³/mol. The second-order valence-electron chi connectivity index (χ2n) is 4.77. The molecule has 0 aliphatic carbocycles. The first-order chi connectivity index (χ1) is 11.5. The van der Waals surface area contributed by atoms with E-state index in [4.69, 9.17) is 0 Å². The second kappa shape index (κ2) is 7.35. The van der Waals surface area contributed by atoms with E-state index in [0.29, 0.717) is 0 Å². The zero-order valence-electron chi connectivity index (χ0n) is 12.8. The number of rotatable bonds is 4. The molecule has 0 aliphatic heterocycles. The Morgan fingerprint density at radius 2 is 1.60 bits per heavy atom. The Kier molecular flexibility index (Phi) is 5.43. The van der Waals surface area contributed by atoms with Crippen LogP contribution in [0.4, 0.5) is 11.4 Å². The molecule has 0 N–H and O–H groups in total. The van der Waals surface area contributed by atoms with Gasteiger partial charge in [-0.2, -0.15) is 5.26 Å². The van der Waals surface area contributed by atoms with E-state index in [2.05, 4.69) is 14.9 Å². The summed E-state index contributed by atoms with van der Waals surface area (Å²) in [6, 6.07) is 10.3. The van der Waals surface area contributed by atoms with Crippen LogP contribution in [0, 0.1) is 31.6 Å². The Labute approximate surface area is 161 Å². The molecular weight excluding hydrogens is 341 g/mol. The smallest absolute Gasteiger partial charge is 0.258 e. The molecule has 118 valence electrons. The molecule has 10 nitrogen and oxygen atoms in total. The van der Waals surface area contributed by atoms with E-state index in [1.165, 1.54) is 30.3 Å². The van der Waals surface area contributed by atoms with Crippen LogP contribution in [-0.4, -0.2) is 20.2 Å². The standard InChI is InChI=1S/C14H7N5O5.Na/c15-7-10(8-3-1-2-4-11(8)18(20)21)9-5-6-12(19(22)23)14-13(9)16-24-17-14;/h1-6,10H;/q;+1. The second-order valence-corrected chi connectivity index (χ2v) is 4.77. The fourth-order valence-electron chi connectivity index (χ4n) is 2.46. The van der Waals surface area contributed by atoms with E-state index in [-0.39, 0.29) is 63.1 Å². The summed E-state index contributed by atoms with van der Waals surface area (Å²) in [6.45, 7) is 0. The van der Waals surface area contributed by atoms with Gasteiger partial charge in [-0.05, 0) is 16.4 Å². The van der Waals surface area contributed by atoms with Crippen LogP contribution in [-0.2, 0) is 0 Å².